The molecular formula is C6H5FN2O2. The third kappa shape index (κ3) is 1.49. The molecule has 0 aliphatic heterocycles. The van der Waals surface area contributed by atoms with Gasteiger partial charge in [0.1, 0.15) is 0 Å². The molecule has 0 saturated carbocycles. The highest BCUT2D eigenvalue weighted by Crippen LogP contribution is 2.15. The molecule has 11 heavy (non-hydrogen) atoms. The van der Waals surface area contributed by atoms with Gasteiger partial charge in [0.2, 0.25) is 5.82 Å². The van der Waals surface area contributed by atoms with Crippen molar-refractivity contribution in [3.05, 3.63) is 33.9 Å². The van der Waals surface area contributed by atoms with E-state index in [0.29, 0.717) is 5.69 Å². The number of halogens is 1. The van der Waals surface area contributed by atoms with Gasteiger partial charge in [0.05, 0.1) is 11.1 Å². The van der Waals surface area contributed by atoms with Crippen molar-refractivity contribution in [2.75, 3.05) is 0 Å². The maximum atomic E-state index is 12.5. The molecule has 0 unspecified atom stereocenters. The second-order valence-electron chi connectivity index (χ2n) is 2.03. The SMILES string of the molecule is Cc1cc([N+](=O)[O-])c(F)cn1. The largest absolute Gasteiger partial charge is 0.308 e. The molecule has 0 bridgehead atoms. The van der Waals surface area contributed by atoms with Gasteiger partial charge in [-0.3, -0.25) is 15.1 Å². The molecule has 0 atom stereocenters. The van der Waals surface area contributed by atoms with Gasteiger partial charge in [-0.1, -0.05) is 0 Å². The van der Waals surface area contributed by atoms with Crippen LogP contribution in [0.3, 0.4) is 0 Å². The normalized spacial score (nSPS) is 9.64. The minimum atomic E-state index is -0.902. The van der Waals surface area contributed by atoms with E-state index in [-0.39, 0.29) is 0 Å². The van der Waals surface area contributed by atoms with Crippen molar-refractivity contribution >= 4 is 5.69 Å². The van der Waals surface area contributed by atoms with Crippen LogP contribution in [0.4, 0.5) is 10.1 Å². The van der Waals surface area contributed by atoms with Crippen LogP contribution in [0.25, 0.3) is 0 Å². The summed E-state index contributed by atoms with van der Waals surface area (Å²) >= 11 is 0. The van der Waals surface area contributed by atoms with Gasteiger partial charge in [-0.25, -0.2) is 0 Å². The van der Waals surface area contributed by atoms with Crippen molar-refractivity contribution in [2.24, 2.45) is 0 Å². The van der Waals surface area contributed by atoms with E-state index < -0.39 is 16.4 Å². The van der Waals surface area contributed by atoms with E-state index in [9.17, 15) is 14.5 Å². The monoisotopic (exact) mass is 156 g/mol. The van der Waals surface area contributed by atoms with Gasteiger partial charge in [-0.2, -0.15) is 4.39 Å². The van der Waals surface area contributed by atoms with Crippen LogP contribution < -0.4 is 0 Å². The van der Waals surface area contributed by atoms with Crippen LogP contribution in [0, 0.1) is 22.9 Å². The Kier molecular flexibility index (Phi) is 1.80. The fourth-order valence-electron chi connectivity index (χ4n) is 0.669. The third-order valence-corrected chi connectivity index (χ3v) is 1.17. The van der Waals surface area contributed by atoms with E-state index >= 15 is 0 Å². The number of nitrogens with zero attached hydrogens (tertiary/aromatic N) is 2. The van der Waals surface area contributed by atoms with Crippen molar-refractivity contribution in [1.29, 1.82) is 0 Å². The maximum absolute atomic E-state index is 12.5. The van der Waals surface area contributed by atoms with Gasteiger partial charge in [0.25, 0.3) is 0 Å². The smallest absolute Gasteiger partial charge is 0.258 e. The molecule has 0 spiro atoms. The maximum Gasteiger partial charge on any atom is 0.308 e. The molecule has 0 amide bonds. The van der Waals surface area contributed by atoms with Crippen LogP contribution in [0.15, 0.2) is 12.3 Å². The summed E-state index contributed by atoms with van der Waals surface area (Å²) in [6.07, 6.45) is 0.841. The second-order valence-corrected chi connectivity index (χ2v) is 2.03. The van der Waals surface area contributed by atoms with Gasteiger partial charge in [0.15, 0.2) is 0 Å². The number of nitro groups is 1. The molecule has 1 rings (SSSR count). The number of aryl methyl sites for hydroxylation is 1. The zero-order valence-electron chi connectivity index (χ0n) is 5.74. The molecule has 0 radical (unpaired) electrons. The Balaban J connectivity index is 3.23. The molecule has 1 heterocycles. The number of rotatable bonds is 1. The molecule has 0 fully saturated rings. The molecule has 0 aliphatic carbocycles. The van der Waals surface area contributed by atoms with E-state index in [1.54, 1.807) is 6.92 Å². The lowest BCUT2D eigenvalue weighted by molar-refractivity contribution is -0.387. The lowest BCUT2D eigenvalue weighted by Gasteiger charge is -1.93. The van der Waals surface area contributed by atoms with Gasteiger partial charge in [-0.15, -0.1) is 0 Å². The van der Waals surface area contributed by atoms with Crippen LogP contribution in [-0.2, 0) is 0 Å². The Morgan fingerprint density at radius 2 is 2.36 bits per heavy atom. The summed E-state index contributed by atoms with van der Waals surface area (Å²) in [5.41, 5.74) is -0.101. The lowest BCUT2D eigenvalue weighted by atomic mass is 10.3. The average Bonchev–Trinajstić information content (AvgIpc) is 1.94. The Labute approximate surface area is 61.8 Å². The summed E-state index contributed by atoms with van der Waals surface area (Å²) < 4.78 is 12.5. The zero-order chi connectivity index (χ0) is 8.43. The van der Waals surface area contributed by atoms with Crippen molar-refractivity contribution in [3.8, 4) is 0 Å². The van der Waals surface area contributed by atoms with E-state index in [1.807, 2.05) is 0 Å². The Hall–Kier alpha value is -1.52. The first-order valence-corrected chi connectivity index (χ1v) is 2.88. The van der Waals surface area contributed by atoms with Gasteiger partial charge in [0, 0.05) is 11.8 Å². The zero-order valence-corrected chi connectivity index (χ0v) is 5.74. The molecule has 0 saturated heterocycles. The van der Waals surface area contributed by atoms with Crippen molar-refractivity contribution in [2.45, 2.75) is 6.92 Å². The molecule has 58 valence electrons. The van der Waals surface area contributed by atoms with Crippen LogP contribution >= 0.6 is 0 Å². The minimum Gasteiger partial charge on any atom is -0.258 e. The predicted octanol–water partition coefficient (Wildman–Crippen LogP) is 1.44. The van der Waals surface area contributed by atoms with Crippen LogP contribution in [0.2, 0.25) is 0 Å². The van der Waals surface area contributed by atoms with Crippen LogP contribution in [0.5, 0.6) is 0 Å². The number of hydrogen-bond donors (Lipinski definition) is 0. The summed E-state index contributed by atoms with van der Waals surface area (Å²) in [5.74, 6) is -0.902. The summed E-state index contributed by atoms with van der Waals surface area (Å²) in [6.45, 7) is 1.56. The fourth-order valence-corrected chi connectivity index (χ4v) is 0.669. The number of hydrogen-bond acceptors (Lipinski definition) is 3. The number of pyridine rings is 1. The summed E-state index contributed by atoms with van der Waals surface area (Å²) in [5, 5.41) is 10.1. The van der Waals surface area contributed by atoms with Gasteiger partial charge in [-0.05, 0) is 6.92 Å². The standard InChI is InChI=1S/C6H5FN2O2/c1-4-2-6(9(10)11)5(7)3-8-4/h2-3H,1H3. The molecule has 1 aromatic heterocycles. The Morgan fingerprint density at radius 3 is 2.82 bits per heavy atom. The minimum absolute atomic E-state index is 0.429. The average molecular weight is 156 g/mol. The van der Waals surface area contributed by atoms with E-state index in [1.165, 1.54) is 0 Å². The first-order valence-electron chi connectivity index (χ1n) is 2.88. The first kappa shape index (κ1) is 7.59. The second kappa shape index (κ2) is 2.61. The molecule has 0 aromatic carbocycles. The molecule has 4 nitrogen and oxygen atoms in total. The van der Waals surface area contributed by atoms with E-state index in [4.69, 9.17) is 0 Å². The molecule has 5 heteroatoms. The third-order valence-electron chi connectivity index (χ3n) is 1.17. The first-order chi connectivity index (χ1) is 5.11. The van der Waals surface area contributed by atoms with Crippen LogP contribution in [0.1, 0.15) is 5.69 Å². The fraction of sp³-hybridized carbons (Fsp3) is 0.167. The van der Waals surface area contributed by atoms with Crippen molar-refractivity contribution in [1.82, 2.24) is 4.98 Å². The van der Waals surface area contributed by atoms with Crippen molar-refractivity contribution in [3.63, 3.8) is 0 Å². The van der Waals surface area contributed by atoms with Crippen LogP contribution in [-0.4, -0.2) is 9.91 Å². The summed E-state index contributed by atoms with van der Waals surface area (Å²) in [6, 6.07) is 1.09. The molecule has 1 aromatic rings. The van der Waals surface area contributed by atoms with E-state index in [0.717, 1.165) is 12.3 Å². The van der Waals surface area contributed by atoms with Crippen molar-refractivity contribution < 1.29 is 9.31 Å². The summed E-state index contributed by atoms with van der Waals surface area (Å²) in [4.78, 5) is 12.9. The Morgan fingerprint density at radius 1 is 1.73 bits per heavy atom. The summed E-state index contributed by atoms with van der Waals surface area (Å²) in [7, 11) is 0. The molecule has 0 aliphatic rings. The molecule has 0 N–H and O–H groups in total. The van der Waals surface area contributed by atoms with Gasteiger partial charge >= 0.3 is 5.69 Å². The number of aromatic nitrogens is 1. The Bertz CT molecular complexity index is 301. The lowest BCUT2D eigenvalue weighted by Crippen LogP contribution is -1.94. The van der Waals surface area contributed by atoms with E-state index in [2.05, 4.69) is 4.98 Å². The van der Waals surface area contributed by atoms with Gasteiger partial charge < -0.3 is 0 Å². The highest BCUT2D eigenvalue weighted by Gasteiger charge is 2.13. The topological polar surface area (TPSA) is 56.0 Å². The molecular weight excluding hydrogens is 151 g/mol. The predicted molar refractivity (Wildman–Crippen MR) is 35.6 cm³/mol. The highest BCUT2D eigenvalue weighted by atomic mass is 19.1. The highest BCUT2D eigenvalue weighted by molar-refractivity contribution is 5.30. The quantitative estimate of drug-likeness (QED) is 0.456.